The predicted octanol–water partition coefficient (Wildman–Crippen LogP) is 4.07. The third-order valence-electron chi connectivity index (χ3n) is 3.55. The number of para-hydroxylation sites is 1. The second-order valence-corrected chi connectivity index (χ2v) is 4.86. The zero-order valence-electron chi connectivity index (χ0n) is 11.2. The molecule has 0 saturated heterocycles. The molecule has 0 radical (unpaired) electrons. The van der Waals surface area contributed by atoms with Gasteiger partial charge in [0.1, 0.15) is 12.0 Å². The van der Waals surface area contributed by atoms with Crippen molar-refractivity contribution < 1.29 is 4.42 Å². The van der Waals surface area contributed by atoms with Crippen molar-refractivity contribution in [1.82, 2.24) is 9.97 Å². The van der Waals surface area contributed by atoms with Gasteiger partial charge in [0.15, 0.2) is 0 Å². The van der Waals surface area contributed by atoms with Crippen LogP contribution in [0.2, 0.25) is 0 Å². The maximum absolute atomic E-state index is 5.63. The molecule has 0 saturated carbocycles. The Bertz CT molecular complexity index is 906. The molecule has 102 valence electrons. The molecular weight excluding hydrogens is 262 g/mol. The summed E-state index contributed by atoms with van der Waals surface area (Å²) in [7, 11) is 0. The van der Waals surface area contributed by atoms with E-state index in [-0.39, 0.29) is 6.01 Å². The van der Waals surface area contributed by atoms with E-state index in [9.17, 15) is 0 Å². The zero-order valence-corrected chi connectivity index (χ0v) is 11.2. The number of hydrogen-bond acceptors (Lipinski definition) is 3. The van der Waals surface area contributed by atoms with Crippen LogP contribution in [0, 0.1) is 0 Å². The van der Waals surface area contributed by atoms with Crippen molar-refractivity contribution in [2.75, 3.05) is 5.73 Å². The first-order valence-corrected chi connectivity index (χ1v) is 6.70. The molecule has 0 aliphatic rings. The van der Waals surface area contributed by atoms with Crippen LogP contribution in [0.4, 0.5) is 6.01 Å². The topological polar surface area (TPSA) is 67.8 Å². The average molecular weight is 275 g/mol. The highest BCUT2D eigenvalue weighted by Gasteiger charge is 2.17. The van der Waals surface area contributed by atoms with Crippen molar-refractivity contribution >= 4 is 16.9 Å². The Balaban J connectivity index is 2.06. The summed E-state index contributed by atoms with van der Waals surface area (Å²) in [6, 6.07) is 18.5. The maximum Gasteiger partial charge on any atom is 0.292 e. The van der Waals surface area contributed by atoms with Crippen molar-refractivity contribution in [3.8, 4) is 22.5 Å². The molecule has 4 heteroatoms. The van der Waals surface area contributed by atoms with Crippen LogP contribution in [0.25, 0.3) is 33.4 Å². The Morgan fingerprint density at radius 3 is 2.48 bits per heavy atom. The van der Waals surface area contributed by atoms with Crippen LogP contribution in [0.5, 0.6) is 0 Å². The smallest absolute Gasteiger partial charge is 0.292 e. The highest BCUT2D eigenvalue weighted by atomic mass is 16.4. The fraction of sp³-hybridized carbons (Fsp3) is 0. The minimum Gasteiger partial charge on any atom is -0.432 e. The molecule has 0 spiro atoms. The number of nitrogens with one attached hydrogen (secondary N) is 1. The minimum atomic E-state index is 0.175. The van der Waals surface area contributed by atoms with Crippen LogP contribution in [0.15, 0.2) is 65.3 Å². The SMILES string of the molecule is Nc1nc(-c2c(-c3ccccc3)[nH]c3ccccc23)co1. The van der Waals surface area contributed by atoms with Crippen molar-refractivity contribution in [2.24, 2.45) is 0 Å². The lowest BCUT2D eigenvalue weighted by atomic mass is 10.0. The van der Waals surface area contributed by atoms with E-state index >= 15 is 0 Å². The van der Waals surface area contributed by atoms with Gasteiger partial charge >= 0.3 is 0 Å². The van der Waals surface area contributed by atoms with Gasteiger partial charge in [-0.25, -0.2) is 0 Å². The number of nitrogens with two attached hydrogens (primary N) is 1. The lowest BCUT2D eigenvalue weighted by Crippen LogP contribution is -1.85. The van der Waals surface area contributed by atoms with Gasteiger partial charge in [0, 0.05) is 16.5 Å². The summed E-state index contributed by atoms with van der Waals surface area (Å²) >= 11 is 0. The molecule has 2 aromatic carbocycles. The molecule has 4 aromatic rings. The van der Waals surface area contributed by atoms with E-state index in [1.165, 1.54) is 0 Å². The van der Waals surface area contributed by atoms with Gasteiger partial charge in [-0.1, -0.05) is 48.5 Å². The molecule has 0 atom stereocenters. The summed E-state index contributed by atoms with van der Waals surface area (Å²) in [5.41, 5.74) is 10.6. The van der Waals surface area contributed by atoms with Gasteiger partial charge in [-0.2, -0.15) is 4.98 Å². The molecule has 4 nitrogen and oxygen atoms in total. The number of hydrogen-bond donors (Lipinski definition) is 2. The third kappa shape index (κ3) is 1.89. The molecule has 0 aliphatic heterocycles. The van der Waals surface area contributed by atoms with Gasteiger partial charge in [0.2, 0.25) is 0 Å². The second kappa shape index (κ2) is 4.52. The van der Waals surface area contributed by atoms with E-state index in [1.807, 2.05) is 30.3 Å². The van der Waals surface area contributed by atoms with Crippen molar-refractivity contribution in [3.63, 3.8) is 0 Å². The first-order chi connectivity index (χ1) is 10.3. The Morgan fingerprint density at radius 2 is 1.71 bits per heavy atom. The highest BCUT2D eigenvalue weighted by molar-refractivity contribution is 6.02. The maximum atomic E-state index is 5.63. The number of oxazole rings is 1. The lowest BCUT2D eigenvalue weighted by Gasteiger charge is -2.01. The Morgan fingerprint density at radius 1 is 0.952 bits per heavy atom. The molecule has 0 unspecified atom stereocenters. The minimum absolute atomic E-state index is 0.175. The molecule has 2 heterocycles. The number of nitrogen functional groups attached to an aromatic ring is 1. The number of H-pyrrole nitrogens is 1. The van der Waals surface area contributed by atoms with Crippen molar-refractivity contribution in [1.29, 1.82) is 0 Å². The molecule has 4 rings (SSSR count). The fourth-order valence-electron chi connectivity index (χ4n) is 2.63. The van der Waals surface area contributed by atoms with E-state index < -0.39 is 0 Å². The normalized spacial score (nSPS) is 11.0. The monoisotopic (exact) mass is 275 g/mol. The van der Waals surface area contributed by atoms with Crippen LogP contribution in [-0.4, -0.2) is 9.97 Å². The number of nitrogens with zero attached hydrogens (tertiary/aromatic N) is 1. The third-order valence-corrected chi connectivity index (χ3v) is 3.55. The van der Waals surface area contributed by atoms with E-state index in [4.69, 9.17) is 10.2 Å². The van der Waals surface area contributed by atoms with Gasteiger partial charge in [-0.3, -0.25) is 0 Å². The molecule has 0 fully saturated rings. The molecule has 0 aliphatic carbocycles. The zero-order chi connectivity index (χ0) is 14.2. The van der Waals surface area contributed by atoms with Crippen LogP contribution in [0.1, 0.15) is 0 Å². The largest absolute Gasteiger partial charge is 0.432 e. The quantitative estimate of drug-likeness (QED) is 0.579. The average Bonchev–Trinajstić information content (AvgIpc) is 3.11. The summed E-state index contributed by atoms with van der Waals surface area (Å²) in [5, 5.41) is 1.10. The van der Waals surface area contributed by atoms with Crippen LogP contribution < -0.4 is 5.73 Å². The Kier molecular flexibility index (Phi) is 2.54. The molecule has 0 bridgehead atoms. The van der Waals surface area contributed by atoms with Gasteiger partial charge < -0.3 is 15.1 Å². The number of benzene rings is 2. The number of rotatable bonds is 2. The number of aromatic nitrogens is 2. The van der Waals surface area contributed by atoms with Gasteiger partial charge in [-0.05, 0) is 11.6 Å². The van der Waals surface area contributed by atoms with E-state index in [1.54, 1.807) is 6.26 Å². The molecule has 3 N–H and O–H groups in total. The highest BCUT2D eigenvalue weighted by Crippen LogP contribution is 2.37. The number of fused-ring (bicyclic) bond motifs is 1. The fourth-order valence-corrected chi connectivity index (χ4v) is 2.63. The summed E-state index contributed by atoms with van der Waals surface area (Å²) in [6.07, 6.45) is 1.59. The summed E-state index contributed by atoms with van der Waals surface area (Å²) in [5.74, 6) is 0. The van der Waals surface area contributed by atoms with Crippen molar-refractivity contribution in [2.45, 2.75) is 0 Å². The van der Waals surface area contributed by atoms with E-state index in [0.717, 1.165) is 33.4 Å². The summed E-state index contributed by atoms with van der Waals surface area (Å²) in [6.45, 7) is 0. The number of aromatic amines is 1. The van der Waals surface area contributed by atoms with E-state index in [0.29, 0.717) is 0 Å². The Labute approximate surface area is 121 Å². The first-order valence-electron chi connectivity index (χ1n) is 6.70. The summed E-state index contributed by atoms with van der Waals surface area (Å²) < 4.78 is 5.18. The second-order valence-electron chi connectivity index (χ2n) is 4.86. The van der Waals surface area contributed by atoms with Crippen LogP contribution in [0.3, 0.4) is 0 Å². The lowest BCUT2D eigenvalue weighted by molar-refractivity contribution is 0.581. The molecular formula is C17H13N3O. The molecule has 0 amide bonds. The van der Waals surface area contributed by atoms with Crippen LogP contribution in [-0.2, 0) is 0 Å². The molecule has 2 aromatic heterocycles. The van der Waals surface area contributed by atoms with Crippen molar-refractivity contribution in [3.05, 3.63) is 60.9 Å². The Hall–Kier alpha value is -3.01. The number of anilines is 1. The van der Waals surface area contributed by atoms with Gasteiger partial charge in [0.25, 0.3) is 6.01 Å². The van der Waals surface area contributed by atoms with Crippen LogP contribution >= 0.6 is 0 Å². The first kappa shape index (κ1) is 11.8. The van der Waals surface area contributed by atoms with Gasteiger partial charge in [-0.15, -0.1) is 0 Å². The van der Waals surface area contributed by atoms with Gasteiger partial charge in [0.05, 0.1) is 5.69 Å². The standard InChI is InChI=1S/C17H13N3O/c18-17-20-14(10-21-17)15-12-8-4-5-9-13(12)19-16(15)11-6-2-1-3-7-11/h1-10,19H,(H2,18,20). The van der Waals surface area contributed by atoms with E-state index in [2.05, 4.69) is 34.2 Å². The predicted molar refractivity (Wildman–Crippen MR) is 83.6 cm³/mol. The summed E-state index contributed by atoms with van der Waals surface area (Å²) in [4.78, 5) is 7.75. The molecule has 21 heavy (non-hydrogen) atoms.